The summed E-state index contributed by atoms with van der Waals surface area (Å²) in [6.45, 7) is 4.98. The van der Waals surface area contributed by atoms with Gasteiger partial charge in [-0.25, -0.2) is 0 Å². The molecule has 0 aliphatic rings. The van der Waals surface area contributed by atoms with Crippen molar-refractivity contribution in [2.75, 3.05) is 12.0 Å². The lowest BCUT2D eigenvalue weighted by Gasteiger charge is -2.17. The van der Waals surface area contributed by atoms with Crippen LogP contribution in [0.25, 0.3) is 0 Å². The van der Waals surface area contributed by atoms with E-state index < -0.39 is 15.5 Å². The minimum atomic E-state index is -0.689. The average molecular weight is 369 g/mol. The third-order valence-corrected chi connectivity index (χ3v) is 4.04. The Balaban J connectivity index is 2.60. The van der Waals surface area contributed by atoms with E-state index in [1.54, 1.807) is 0 Å². The van der Waals surface area contributed by atoms with E-state index in [1.165, 1.54) is 12.1 Å². The van der Waals surface area contributed by atoms with Gasteiger partial charge in [0.05, 0.1) is 15.9 Å². The quantitative estimate of drug-likeness (QED) is 0.325. The first-order chi connectivity index (χ1) is 11.9. The molecule has 0 unspecified atom stereocenters. The Morgan fingerprint density at radius 3 is 2.52 bits per heavy atom. The molecule has 1 rings (SSSR count). The first-order valence-electron chi connectivity index (χ1n) is 8.11. The number of non-ortho nitro benzene ring substituents is 1. The number of thiocarbonyl (C=S) groups is 1. The fourth-order valence-electron chi connectivity index (χ4n) is 2.24. The molecule has 0 radical (unpaired) electrons. The third kappa shape index (κ3) is 6.87. The number of hydrogen-bond acceptors (Lipinski definition) is 6. The molecule has 138 valence electrons. The highest BCUT2D eigenvalue weighted by Crippen LogP contribution is 2.28. The summed E-state index contributed by atoms with van der Waals surface area (Å²) in [5.74, 6) is 0.508. The van der Waals surface area contributed by atoms with Crippen LogP contribution in [0.3, 0.4) is 0 Å². The summed E-state index contributed by atoms with van der Waals surface area (Å²) < 4.78 is 0. The molecule has 0 aliphatic heterocycles. The highest BCUT2D eigenvalue weighted by Gasteiger charge is 2.19. The summed E-state index contributed by atoms with van der Waals surface area (Å²) >= 11 is 5.15. The second-order valence-corrected chi connectivity index (χ2v) is 6.00. The number of rotatable bonds is 10. The summed E-state index contributed by atoms with van der Waals surface area (Å²) in [6.07, 6.45) is 4.46. The summed E-state index contributed by atoms with van der Waals surface area (Å²) in [4.78, 5) is 20.4. The predicted octanol–water partition coefficient (Wildman–Crippen LogP) is 3.51. The molecule has 9 nitrogen and oxygen atoms in total. The van der Waals surface area contributed by atoms with Crippen LogP contribution in [0.1, 0.15) is 39.5 Å². The van der Waals surface area contributed by atoms with Crippen molar-refractivity contribution in [2.24, 2.45) is 5.92 Å². The van der Waals surface area contributed by atoms with Gasteiger partial charge in [0.25, 0.3) is 5.69 Å². The number of benzene rings is 1. The number of nitrogens with zero attached hydrogens (tertiary/aromatic N) is 2. The molecule has 25 heavy (non-hydrogen) atoms. The first kappa shape index (κ1) is 20.6. The molecule has 10 heteroatoms. The van der Waals surface area contributed by atoms with Crippen LogP contribution in [0.2, 0.25) is 0 Å². The standard InChI is InChI=1S/C15H23N5O4S/c1-3-5-6-11(4-2)10-16-15(25)18-17-13-8-7-12(19(21)22)9-14(13)20(23)24/h7-9,11,17H,3-6,10H2,1-2H3,(H2,16,18,25)/t11-/m1/s1. The zero-order chi connectivity index (χ0) is 18.8. The van der Waals surface area contributed by atoms with Gasteiger partial charge >= 0.3 is 5.69 Å². The van der Waals surface area contributed by atoms with Crippen LogP contribution in [0.4, 0.5) is 17.1 Å². The van der Waals surface area contributed by atoms with Gasteiger partial charge in [-0.1, -0.05) is 33.1 Å². The lowest BCUT2D eigenvalue weighted by atomic mass is 9.99. The van der Waals surface area contributed by atoms with Crippen molar-refractivity contribution in [1.29, 1.82) is 0 Å². The van der Waals surface area contributed by atoms with Crippen molar-refractivity contribution in [3.05, 3.63) is 38.4 Å². The Morgan fingerprint density at radius 1 is 1.24 bits per heavy atom. The van der Waals surface area contributed by atoms with Gasteiger partial charge < -0.3 is 5.32 Å². The number of unbranched alkanes of at least 4 members (excludes halogenated alkanes) is 1. The van der Waals surface area contributed by atoms with E-state index in [0.29, 0.717) is 17.6 Å². The maximum absolute atomic E-state index is 11.1. The fourth-order valence-corrected chi connectivity index (χ4v) is 2.37. The molecule has 0 saturated carbocycles. The smallest absolute Gasteiger partial charge is 0.300 e. The van der Waals surface area contributed by atoms with Gasteiger partial charge in [-0.15, -0.1) is 0 Å². The zero-order valence-electron chi connectivity index (χ0n) is 14.3. The molecule has 0 aromatic heterocycles. The second kappa shape index (κ2) is 10.4. The first-order valence-corrected chi connectivity index (χ1v) is 8.52. The molecule has 1 aromatic rings. The molecule has 0 heterocycles. The fraction of sp³-hybridized carbons (Fsp3) is 0.533. The Bertz CT molecular complexity index is 626. The molecule has 0 bridgehead atoms. The molecular formula is C15H23N5O4S. The van der Waals surface area contributed by atoms with E-state index in [2.05, 4.69) is 30.0 Å². The largest absolute Gasteiger partial charge is 0.361 e. The van der Waals surface area contributed by atoms with E-state index in [-0.39, 0.29) is 11.4 Å². The molecule has 1 atom stereocenters. The SMILES string of the molecule is CCCC[C@@H](CC)CNC(=S)NNc1ccc([N+](=O)[O-])cc1[N+](=O)[O-]. The van der Waals surface area contributed by atoms with Gasteiger partial charge in [-0.2, -0.15) is 0 Å². The Morgan fingerprint density at radius 2 is 1.96 bits per heavy atom. The van der Waals surface area contributed by atoms with Gasteiger partial charge in [-0.3, -0.25) is 31.1 Å². The van der Waals surface area contributed by atoms with Crippen molar-refractivity contribution in [3.8, 4) is 0 Å². The van der Waals surface area contributed by atoms with Crippen molar-refractivity contribution in [1.82, 2.24) is 10.7 Å². The monoisotopic (exact) mass is 369 g/mol. The van der Waals surface area contributed by atoms with Crippen LogP contribution in [-0.2, 0) is 0 Å². The summed E-state index contributed by atoms with van der Waals surface area (Å²) in [6, 6.07) is 3.35. The van der Waals surface area contributed by atoms with Crippen LogP contribution >= 0.6 is 12.2 Å². The van der Waals surface area contributed by atoms with Crippen molar-refractivity contribution < 1.29 is 9.85 Å². The topological polar surface area (TPSA) is 122 Å². The van der Waals surface area contributed by atoms with Crippen LogP contribution in [-0.4, -0.2) is 21.5 Å². The van der Waals surface area contributed by atoms with E-state index in [0.717, 1.165) is 31.7 Å². The van der Waals surface area contributed by atoms with Crippen LogP contribution in [0.5, 0.6) is 0 Å². The Kier molecular flexibility index (Phi) is 8.54. The third-order valence-electron chi connectivity index (χ3n) is 3.79. The number of nitrogens with one attached hydrogen (secondary N) is 3. The van der Waals surface area contributed by atoms with Gasteiger partial charge in [0.1, 0.15) is 5.69 Å². The normalized spacial score (nSPS) is 11.4. The Labute approximate surface area is 151 Å². The maximum atomic E-state index is 11.1. The lowest BCUT2D eigenvalue weighted by molar-refractivity contribution is -0.393. The number of hydrazine groups is 1. The molecule has 0 spiro atoms. The van der Waals surface area contributed by atoms with E-state index >= 15 is 0 Å². The van der Waals surface area contributed by atoms with Crippen molar-refractivity contribution in [2.45, 2.75) is 39.5 Å². The van der Waals surface area contributed by atoms with Gasteiger partial charge in [0.15, 0.2) is 5.11 Å². The summed E-state index contributed by atoms with van der Waals surface area (Å²) in [7, 11) is 0. The van der Waals surface area contributed by atoms with Crippen LogP contribution in [0, 0.1) is 26.1 Å². The lowest BCUT2D eigenvalue weighted by Crippen LogP contribution is -2.41. The van der Waals surface area contributed by atoms with Gasteiger partial charge in [0.2, 0.25) is 0 Å². The number of nitro groups is 2. The summed E-state index contributed by atoms with van der Waals surface area (Å²) in [5.41, 5.74) is 4.65. The molecule has 0 amide bonds. The highest BCUT2D eigenvalue weighted by molar-refractivity contribution is 7.80. The highest BCUT2D eigenvalue weighted by atomic mass is 32.1. The minimum absolute atomic E-state index is 0.0952. The van der Waals surface area contributed by atoms with E-state index in [1.807, 2.05) is 0 Å². The van der Waals surface area contributed by atoms with Gasteiger partial charge in [0, 0.05) is 12.6 Å². The molecule has 0 aliphatic carbocycles. The van der Waals surface area contributed by atoms with Gasteiger partial charge in [-0.05, 0) is 30.6 Å². The van der Waals surface area contributed by atoms with Crippen molar-refractivity contribution >= 4 is 34.4 Å². The molecule has 0 saturated heterocycles. The zero-order valence-corrected chi connectivity index (χ0v) is 15.1. The van der Waals surface area contributed by atoms with Crippen molar-refractivity contribution in [3.63, 3.8) is 0 Å². The van der Waals surface area contributed by atoms with E-state index in [4.69, 9.17) is 12.2 Å². The van der Waals surface area contributed by atoms with E-state index in [9.17, 15) is 20.2 Å². The van der Waals surface area contributed by atoms with Crippen LogP contribution in [0.15, 0.2) is 18.2 Å². The number of nitro benzene ring substituents is 2. The number of hydrogen-bond donors (Lipinski definition) is 3. The molecule has 3 N–H and O–H groups in total. The molecule has 0 fully saturated rings. The average Bonchev–Trinajstić information content (AvgIpc) is 2.59. The predicted molar refractivity (Wildman–Crippen MR) is 100 cm³/mol. The number of anilines is 1. The Hall–Kier alpha value is -2.49. The minimum Gasteiger partial charge on any atom is -0.361 e. The summed E-state index contributed by atoms with van der Waals surface area (Å²) in [5, 5.41) is 25.2. The maximum Gasteiger partial charge on any atom is 0.300 e. The molecular weight excluding hydrogens is 346 g/mol. The second-order valence-electron chi connectivity index (χ2n) is 5.59. The molecule has 1 aromatic carbocycles. The van der Waals surface area contributed by atoms with Crippen LogP contribution < -0.4 is 16.2 Å².